The molecule has 132 valence electrons. The fourth-order valence-corrected chi connectivity index (χ4v) is 3.80. The van der Waals surface area contributed by atoms with Crippen LogP contribution in [0.4, 0.5) is 5.95 Å². The van der Waals surface area contributed by atoms with Crippen LogP contribution in [-0.4, -0.2) is 59.5 Å². The molecule has 3 rings (SSSR count). The van der Waals surface area contributed by atoms with E-state index in [4.69, 9.17) is 0 Å². The quantitative estimate of drug-likeness (QED) is 0.907. The molecule has 1 N–H and O–H groups in total. The lowest BCUT2D eigenvalue weighted by molar-refractivity contribution is -0.123. The first kappa shape index (κ1) is 17.1. The van der Waals surface area contributed by atoms with E-state index in [1.54, 1.807) is 12.4 Å². The molecule has 0 spiro atoms. The zero-order chi connectivity index (χ0) is 16.9. The first-order valence-corrected chi connectivity index (χ1v) is 9.17. The van der Waals surface area contributed by atoms with Crippen LogP contribution in [0.25, 0.3) is 0 Å². The molecule has 1 saturated carbocycles. The summed E-state index contributed by atoms with van der Waals surface area (Å²) in [5.74, 6) is 2.24. The highest BCUT2D eigenvalue weighted by atomic mass is 16.2. The van der Waals surface area contributed by atoms with Crippen molar-refractivity contribution in [2.45, 2.75) is 39.2 Å². The summed E-state index contributed by atoms with van der Waals surface area (Å²) in [6.07, 6.45) is 7.18. The van der Waals surface area contributed by atoms with E-state index in [2.05, 4.69) is 38.9 Å². The second-order valence-corrected chi connectivity index (χ2v) is 7.25. The van der Waals surface area contributed by atoms with Crippen molar-refractivity contribution in [2.24, 2.45) is 11.8 Å². The normalized spacial score (nSPS) is 28.6. The molecular weight excluding hydrogens is 302 g/mol. The van der Waals surface area contributed by atoms with Gasteiger partial charge in [-0.25, -0.2) is 9.97 Å². The van der Waals surface area contributed by atoms with E-state index < -0.39 is 0 Å². The Hall–Kier alpha value is -1.69. The number of nitrogens with zero attached hydrogens (tertiary/aromatic N) is 4. The third-order valence-corrected chi connectivity index (χ3v) is 5.63. The highest BCUT2D eigenvalue weighted by Gasteiger charge is 2.29. The van der Waals surface area contributed by atoms with Crippen LogP contribution in [0.1, 0.15) is 33.1 Å². The Morgan fingerprint density at radius 2 is 1.88 bits per heavy atom. The second-order valence-electron chi connectivity index (χ2n) is 7.25. The highest BCUT2D eigenvalue weighted by Crippen LogP contribution is 2.29. The average Bonchev–Trinajstić information content (AvgIpc) is 2.60. The Balaban J connectivity index is 1.43. The van der Waals surface area contributed by atoms with Gasteiger partial charge in [-0.2, -0.15) is 0 Å². The van der Waals surface area contributed by atoms with Crippen molar-refractivity contribution in [3.63, 3.8) is 0 Å². The molecule has 1 aromatic rings. The fraction of sp³-hybridized carbons (Fsp3) is 0.722. The molecule has 1 aliphatic heterocycles. The van der Waals surface area contributed by atoms with Crippen molar-refractivity contribution in [1.82, 2.24) is 20.2 Å². The number of aromatic nitrogens is 2. The van der Waals surface area contributed by atoms with Gasteiger partial charge in [-0.05, 0) is 24.3 Å². The molecule has 2 fully saturated rings. The summed E-state index contributed by atoms with van der Waals surface area (Å²) in [5, 5.41) is 3.27. The summed E-state index contributed by atoms with van der Waals surface area (Å²) in [6.45, 7) is 8.56. The number of hydrogen-bond acceptors (Lipinski definition) is 5. The standard InChI is InChI=1S/C18H29N5O/c1-14-5-3-6-16(15(14)2)21-17(24)13-22-9-11-23(12-10-22)18-19-7-4-8-20-18/h4,7-8,14-16H,3,5-6,9-13H2,1-2H3,(H,21,24)/t14-,15-,16+/m1/s1. The van der Waals surface area contributed by atoms with Crippen molar-refractivity contribution in [1.29, 1.82) is 0 Å². The molecule has 0 unspecified atom stereocenters. The zero-order valence-electron chi connectivity index (χ0n) is 14.8. The van der Waals surface area contributed by atoms with Gasteiger partial charge in [-0.1, -0.05) is 26.7 Å². The third-order valence-electron chi connectivity index (χ3n) is 5.63. The van der Waals surface area contributed by atoms with Gasteiger partial charge in [0.2, 0.25) is 11.9 Å². The summed E-state index contributed by atoms with van der Waals surface area (Å²) in [5.41, 5.74) is 0. The molecule has 2 heterocycles. The maximum Gasteiger partial charge on any atom is 0.234 e. The molecule has 24 heavy (non-hydrogen) atoms. The maximum absolute atomic E-state index is 12.4. The van der Waals surface area contributed by atoms with Gasteiger partial charge < -0.3 is 10.2 Å². The number of carbonyl (C=O) groups is 1. The van der Waals surface area contributed by atoms with Gasteiger partial charge in [-0.15, -0.1) is 0 Å². The molecule has 0 radical (unpaired) electrons. The Labute approximate surface area is 144 Å². The van der Waals surface area contributed by atoms with Gasteiger partial charge in [0.25, 0.3) is 0 Å². The Morgan fingerprint density at radius 1 is 1.17 bits per heavy atom. The predicted molar refractivity (Wildman–Crippen MR) is 94.8 cm³/mol. The van der Waals surface area contributed by atoms with Crippen LogP contribution in [0.2, 0.25) is 0 Å². The van der Waals surface area contributed by atoms with Crippen LogP contribution in [0.5, 0.6) is 0 Å². The van der Waals surface area contributed by atoms with E-state index in [0.29, 0.717) is 24.4 Å². The van der Waals surface area contributed by atoms with Crippen molar-refractivity contribution >= 4 is 11.9 Å². The summed E-state index contributed by atoms with van der Waals surface area (Å²) in [6, 6.07) is 2.18. The first-order chi connectivity index (χ1) is 11.6. The van der Waals surface area contributed by atoms with Gasteiger partial charge in [0.1, 0.15) is 0 Å². The Morgan fingerprint density at radius 3 is 2.58 bits per heavy atom. The first-order valence-electron chi connectivity index (χ1n) is 9.17. The smallest absolute Gasteiger partial charge is 0.234 e. The van der Waals surface area contributed by atoms with Crippen LogP contribution in [0.15, 0.2) is 18.5 Å². The summed E-state index contributed by atoms with van der Waals surface area (Å²) < 4.78 is 0. The number of anilines is 1. The molecule has 1 aliphatic carbocycles. The monoisotopic (exact) mass is 331 g/mol. The van der Waals surface area contributed by atoms with Crippen LogP contribution in [0, 0.1) is 11.8 Å². The average molecular weight is 331 g/mol. The summed E-state index contributed by atoms with van der Waals surface area (Å²) in [7, 11) is 0. The van der Waals surface area contributed by atoms with E-state index in [1.807, 2.05) is 6.07 Å². The zero-order valence-corrected chi connectivity index (χ0v) is 14.8. The van der Waals surface area contributed by atoms with E-state index in [1.165, 1.54) is 12.8 Å². The van der Waals surface area contributed by atoms with Gasteiger partial charge in [-0.3, -0.25) is 9.69 Å². The molecule has 6 nitrogen and oxygen atoms in total. The maximum atomic E-state index is 12.4. The number of amides is 1. The van der Waals surface area contributed by atoms with Crippen LogP contribution >= 0.6 is 0 Å². The second kappa shape index (κ2) is 7.92. The largest absolute Gasteiger partial charge is 0.352 e. The van der Waals surface area contributed by atoms with Crippen LogP contribution in [-0.2, 0) is 4.79 Å². The summed E-state index contributed by atoms with van der Waals surface area (Å²) in [4.78, 5) is 25.4. The molecule has 1 aromatic heterocycles. The van der Waals surface area contributed by atoms with Crippen LogP contribution < -0.4 is 10.2 Å². The minimum absolute atomic E-state index is 0.172. The SMILES string of the molecule is C[C@@H]1[C@H](C)CCC[C@@H]1NC(=O)CN1CCN(c2ncccn2)CC1. The highest BCUT2D eigenvalue weighted by molar-refractivity contribution is 5.78. The molecule has 6 heteroatoms. The molecule has 1 saturated heterocycles. The van der Waals surface area contributed by atoms with Crippen molar-refractivity contribution in [3.05, 3.63) is 18.5 Å². The lowest BCUT2D eigenvalue weighted by Crippen LogP contribution is -2.52. The molecule has 3 atom stereocenters. The van der Waals surface area contributed by atoms with E-state index in [9.17, 15) is 4.79 Å². The molecule has 0 bridgehead atoms. The van der Waals surface area contributed by atoms with Gasteiger partial charge >= 0.3 is 0 Å². The molecule has 1 amide bonds. The number of hydrogen-bond donors (Lipinski definition) is 1. The van der Waals surface area contributed by atoms with Crippen molar-refractivity contribution < 1.29 is 4.79 Å². The minimum Gasteiger partial charge on any atom is -0.352 e. The van der Waals surface area contributed by atoms with Gasteiger partial charge in [0.15, 0.2) is 0 Å². The Bertz CT molecular complexity index is 529. The van der Waals surface area contributed by atoms with Crippen molar-refractivity contribution in [2.75, 3.05) is 37.6 Å². The number of nitrogens with one attached hydrogen (secondary N) is 1. The van der Waals surface area contributed by atoms with Gasteiger partial charge in [0, 0.05) is 44.6 Å². The number of carbonyl (C=O) groups excluding carboxylic acids is 1. The number of piperazine rings is 1. The predicted octanol–water partition coefficient (Wildman–Crippen LogP) is 1.54. The molecule has 2 aliphatic rings. The fourth-order valence-electron chi connectivity index (χ4n) is 3.80. The van der Waals surface area contributed by atoms with E-state index in [-0.39, 0.29) is 5.91 Å². The lowest BCUT2D eigenvalue weighted by atomic mass is 9.78. The molecular formula is C18H29N5O. The topological polar surface area (TPSA) is 61.4 Å². The number of rotatable bonds is 4. The lowest BCUT2D eigenvalue weighted by Gasteiger charge is -2.36. The third kappa shape index (κ3) is 4.23. The van der Waals surface area contributed by atoms with Crippen molar-refractivity contribution in [3.8, 4) is 0 Å². The van der Waals surface area contributed by atoms with E-state index >= 15 is 0 Å². The van der Waals surface area contributed by atoms with Crippen LogP contribution in [0.3, 0.4) is 0 Å². The van der Waals surface area contributed by atoms with E-state index in [0.717, 1.165) is 38.5 Å². The molecule has 0 aromatic carbocycles. The van der Waals surface area contributed by atoms with Gasteiger partial charge in [0.05, 0.1) is 6.54 Å². The Kier molecular flexibility index (Phi) is 5.66. The summed E-state index contributed by atoms with van der Waals surface area (Å²) >= 11 is 0. The minimum atomic E-state index is 0.172.